The maximum atomic E-state index is 13.7. The molecule has 1 aromatic carbocycles. The number of sulfonamides is 1. The number of nitrogens with zero attached hydrogens (tertiary/aromatic N) is 1. The molecule has 1 N–H and O–H groups in total. The van der Waals surface area contributed by atoms with Gasteiger partial charge in [-0.1, -0.05) is 12.1 Å². The van der Waals surface area contributed by atoms with Crippen LogP contribution in [0.5, 0.6) is 0 Å². The summed E-state index contributed by atoms with van der Waals surface area (Å²) < 4.78 is 40.2. The van der Waals surface area contributed by atoms with Crippen molar-refractivity contribution in [3.8, 4) is 0 Å². The molecule has 1 aliphatic heterocycles. The van der Waals surface area contributed by atoms with E-state index in [1.807, 2.05) is 14.0 Å². The Bertz CT molecular complexity index is 562. The van der Waals surface area contributed by atoms with Crippen LogP contribution in [0.1, 0.15) is 19.8 Å². The Morgan fingerprint density at radius 3 is 2.75 bits per heavy atom. The molecule has 6 heteroatoms. The summed E-state index contributed by atoms with van der Waals surface area (Å²) in [6.45, 7) is 2.95. The quantitative estimate of drug-likeness (QED) is 0.923. The van der Waals surface area contributed by atoms with Crippen molar-refractivity contribution in [1.82, 2.24) is 9.62 Å². The predicted octanol–water partition coefficient (Wildman–Crippen LogP) is 1.83. The number of benzene rings is 1. The summed E-state index contributed by atoms with van der Waals surface area (Å²) in [5, 5.41) is 3.16. The molecule has 0 spiro atoms. The fourth-order valence-corrected chi connectivity index (χ4v) is 4.23. The second-order valence-corrected chi connectivity index (χ2v) is 7.18. The van der Waals surface area contributed by atoms with Crippen molar-refractivity contribution in [2.24, 2.45) is 5.92 Å². The largest absolute Gasteiger partial charge is 0.317 e. The molecular formula is C14H21FN2O2S. The summed E-state index contributed by atoms with van der Waals surface area (Å²) in [6, 6.07) is 5.80. The van der Waals surface area contributed by atoms with Crippen molar-refractivity contribution in [3.63, 3.8) is 0 Å². The zero-order valence-corrected chi connectivity index (χ0v) is 12.7. The second kappa shape index (κ2) is 6.20. The van der Waals surface area contributed by atoms with Crippen LogP contribution in [-0.2, 0) is 10.0 Å². The van der Waals surface area contributed by atoms with E-state index in [1.165, 1.54) is 22.5 Å². The molecule has 1 fully saturated rings. The molecule has 0 aliphatic carbocycles. The number of halogens is 1. The Kier molecular flexibility index (Phi) is 4.78. The average molecular weight is 300 g/mol. The van der Waals surface area contributed by atoms with E-state index in [-0.39, 0.29) is 16.9 Å². The summed E-state index contributed by atoms with van der Waals surface area (Å²) >= 11 is 0. The van der Waals surface area contributed by atoms with Gasteiger partial charge in [-0.25, -0.2) is 12.8 Å². The third-order valence-electron chi connectivity index (χ3n) is 4.04. The Hall–Kier alpha value is -0.980. The van der Waals surface area contributed by atoms with E-state index in [0.717, 1.165) is 12.8 Å². The summed E-state index contributed by atoms with van der Waals surface area (Å²) in [7, 11) is -1.87. The monoisotopic (exact) mass is 300 g/mol. The van der Waals surface area contributed by atoms with E-state index < -0.39 is 15.8 Å². The smallest absolute Gasteiger partial charge is 0.245 e. The Morgan fingerprint density at radius 1 is 1.40 bits per heavy atom. The van der Waals surface area contributed by atoms with Crippen molar-refractivity contribution in [2.45, 2.75) is 30.7 Å². The number of rotatable bonds is 4. The molecule has 2 unspecified atom stereocenters. The molecular weight excluding hydrogens is 279 g/mol. The molecule has 1 aromatic rings. The van der Waals surface area contributed by atoms with Gasteiger partial charge < -0.3 is 5.32 Å². The van der Waals surface area contributed by atoms with Crippen LogP contribution in [0.2, 0.25) is 0 Å². The van der Waals surface area contributed by atoms with Gasteiger partial charge in [0.2, 0.25) is 10.0 Å². The van der Waals surface area contributed by atoms with Gasteiger partial charge in [-0.2, -0.15) is 4.31 Å². The molecule has 0 bridgehead atoms. The molecule has 20 heavy (non-hydrogen) atoms. The first-order chi connectivity index (χ1) is 9.46. The van der Waals surface area contributed by atoms with Crippen LogP contribution in [0.4, 0.5) is 4.39 Å². The third-order valence-corrected chi connectivity index (χ3v) is 5.94. The van der Waals surface area contributed by atoms with E-state index in [0.29, 0.717) is 13.1 Å². The van der Waals surface area contributed by atoms with Crippen molar-refractivity contribution < 1.29 is 12.8 Å². The van der Waals surface area contributed by atoms with Gasteiger partial charge in [0.25, 0.3) is 0 Å². The fourth-order valence-electron chi connectivity index (χ4n) is 2.63. The predicted molar refractivity (Wildman–Crippen MR) is 76.4 cm³/mol. The lowest BCUT2D eigenvalue weighted by Gasteiger charge is -2.34. The lowest BCUT2D eigenvalue weighted by atomic mass is 9.93. The van der Waals surface area contributed by atoms with Crippen molar-refractivity contribution in [2.75, 3.05) is 20.1 Å². The summed E-state index contributed by atoms with van der Waals surface area (Å²) in [4.78, 5) is -0.224. The lowest BCUT2D eigenvalue weighted by molar-refractivity contribution is 0.228. The molecule has 0 amide bonds. The second-order valence-electron chi connectivity index (χ2n) is 5.27. The molecule has 0 aromatic heterocycles. The lowest BCUT2D eigenvalue weighted by Crippen LogP contribution is -2.45. The maximum absolute atomic E-state index is 13.7. The maximum Gasteiger partial charge on any atom is 0.245 e. The van der Waals surface area contributed by atoms with Crippen molar-refractivity contribution in [1.29, 1.82) is 0 Å². The van der Waals surface area contributed by atoms with Gasteiger partial charge in [0, 0.05) is 19.1 Å². The average Bonchev–Trinajstić information content (AvgIpc) is 2.47. The zero-order valence-electron chi connectivity index (χ0n) is 11.8. The standard InChI is InChI=1S/C14H21FN2O2S/c1-11(16-2)12-6-5-9-17(10-12)20(18,19)14-8-4-3-7-13(14)15/h3-4,7-8,11-12,16H,5-6,9-10H2,1-2H3. The van der Waals surface area contributed by atoms with E-state index in [9.17, 15) is 12.8 Å². The first kappa shape index (κ1) is 15.4. The number of hydrogen-bond acceptors (Lipinski definition) is 3. The van der Waals surface area contributed by atoms with Crippen LogP contribution in [0, 0.1) is 11.7 Å². The molecule has 4 nitrogen and oxygen atoms in total. The minimum Gasteiger partial charge on any atom is -0.317 e. The molecule has 1 saturated heterocycles. The molecule has 1 heterocycles. The van der Waals surface area contributed by atoms with Gasteiger partial charge in [0.1, 0.15) is 10.7 Å². The third kappa shape index (κ3) is 3.02. The van der Waals surface area contributed by atoms with Crippen LogP contribution >= 0.6 is 0 Å². The van der Waals surface area contributed by atoms with Crippen molar-refractivity contribution >= 4 is 10.0 Å². The van der Waals surface area contributed by atoms with Gasteiger partial charge in [-0.05, 0) is 44.9 Å². The SMILES string of the molecule is CNC(C)C1CCCN(S(=O)(=O)c2ccccc2F)C1. The van der Waals surface area contributed by atoms with Crippen LogP contribution in [-0.4, -0.2) is 38.9 Å². The first-order valence-corrected chi connectivity index (χ1v) is 8.32. The zero-order chi connectivity index (χ0) is 14.8. The molecule has 1 aliphatic rings. The van der Waals surface area contributed by atoms with Crippen LogP contribution in [0.3, 0.4) is 0 Å². The van der Waals surface area contributed by atoms with Crippen molar-refractivity contribution in [3.05, 3.63) is 30.1 Å². The van der Waals surface area contributed by atoms with Crippen LogP contribution < -0.4 is 5.32 Å². The fraction of sp³-hybridized carbons (Fsp3) is 0.571. The Balaban J connectivity index is 2.24. The van der Waals surface area contributed by atoms with Crippen LogP contribution in [0.15, 0.2) is 29.2 Å². The topological polar surface area (TPSA) is 49.4 Å². The van der Waals surface area contributed by atoms with Gasteiger partial charge in [-0.15, -0.1) is 0 Å². The van der Waals surface area contributed by atoms with E-state index in [1.54, 1.807) is 6.07 Å². The van der Waals surface area contributed by atoms with Gasteiger partial charge in [-0.3, -0.25) is 0 Å². The number of nitrogens with one attached hydrogen (secondary N) is 1. The first-order valence-electron chi connectivity index (χ1n) is 6.88. The van der Waals surface area contributed by atoms with Gasteiger partial charge in [0.15, 0.2) is 0 Å². The highest BCUT2D eigenvalue weighted by Gasteiger charge is 2.33. The van der Waals surface area contributed by atoms with E-state index in [2.05, 4.69) is 5.32 Å². The minimum atomic E-state index is -3.74. The highest BCUT2D eigenvalue weighted by molar-refractivity contribution is 7.89. The summed E-state index contributed by atoms with van der Waals surface area (Å²) in [6.07, 6.45) is 1.80. The molecule has 0 radical (unpaired) electrons. The molecule has 2 rings (SSSR count). The molecule has 112 valence electrons. The number of piperidine rings is 1. The van der Waals surface area contributed by atoms with E-state index >= 15 is 0 Å². The minimum absolute atomic E-state index is 0.224. The highest BCUT2D eigenvalue weighted by Crippen LogP contribution is 2.26. The van der Waals surface area contributed by atoms with Gasteiger partial charge in [0.05, 0.1) is 0 Å². The Labute approximate surface area is 120 Å². The molecule has 2 atom stereocenters. The van der Waals surface area contributed by atoms with E-state index in [4.69, 9.17) is 0 Å². The van der Waals surface area contributed by atoms with Crippen LogP contribution in [0.25, 0.3) is 0 Å². The summed E-state index contributed by atoms with van der Waals surface area (Å²) in [5.74, 6) is -0.424. The Morgan fingerprint density at radius 2 is 2.10 bits per heavy atom. The van der Waals surface area contributed by atoms with Gasteiger partial charge >= 0.3 is 0 Å². The number of hydrogen-bond donors (Lipinski definition) is 1. The summed E-state index contributed by atoms with van der Waals surface area (Å²) in [5.41, 5.74) is 0. The molecule has 0 saturated carbocycles. The normalized spacial score (nSPS) is 22.6. The highest BCUT2D eigenvalue weighted by atomic mass is 32.2.